The topological polar surface area (TPSA) is 101 Å². The number of thiophene rings is 1. The maximum absolute atomic E-state index is 13.9. The molecule has 1 atom stereocenters. The van der Waals surface area contributed by atoms with Crippen molar-refractivity contribution in [2.75, 3.05) is 5.32 Å². The maximum Gasteiger partial charge on any atom is 0.387 e. The lowest BCUT2D eigenvalue weighted by Crippen LogP contribution is -2.16. The zero-order valence-electron chi connectivity index (χ0n) is 22.4. The van der Waals surface area contributed by atoms with E-state index in [1.54, 1.807) is 56.6 Å². The molecule has 13 heteroatoms. The van der Waals surface area contributed by atoms with Crippen LogP contribution in [0.1, 0.15) is 45.6 Å². The molecule has 2 heterocycles. The number of alkyl halides is 2. The molecule has 0 bridgehead atoms. The van der Waals surface area contributed by atoms with Crippen LogP contribution in [0.25, 0.3) is 0 Å². The molecule has 42 heavy (non-hydrogen) atoms. The fourth-order valence-corrected chi connectivity index (χ4v) is 5.27. The van der Waals surface area contributed by atoms with Gasteiger partial charge in [-0.1, -0.05) is 41.4 Å². The lowest BCUT2D eigenvalue weighted by molar-refractivity contribution is -0.377. The molecule has 0 radical (unpaired) electrons. The zero-order valence-corrected chi connectivity index (χ0v) is 24.7. The first-order valence-electron chi connectivity index (χ1n) is 12.5. The van der Waals surface area contributed by atoms with Crippen LogP contribution in [0.4, 0.5) is 18.9 Å². The fourth-order valence-electron chi connectivity index (χ4n) is 3.91. The third kappa shape index (κ3) is 8.75. The SMILES string of the molecule is CC(C)Oc1cc([C@H](Cc2c(Cl)c[nH+]cc2Cl)OC(=O)c2ccc(CNc3ccccc3F)s2)ccc1OC(F)F.[OH-]. The molecule has 0 aliphatic carbocycles. The first kappa shape index (κ1) is 33.0. The molecule has 4 aromatic rings. The number of carbonyl (C=O) groups excluding carboxylic acids is 1. The van der Waals surface area contributed by atoms with Crippen LogP contribution in [0, 0.1) is 5.82 Å². The summed E-state index contributed by atoms with van der Waals surface area (Å²) < 4.78 is 56.2. The van der Waals surface area contributed by atoms with Gasteiger partial charge in [0, 0.05) is 23.4 Å². The number of nitrogens with one attached hydrogen (secondary N) is 2. The Morgan fingerprint density at radius 1 is 1.00 bits per heavy atom. The Labute approximate surface area is 254 Å². The number of hydrogen-bond donors (Lipinski definition) is 1. The van der Waals surface area contributed by atoms with Gasteiger partial charge in [-0.25, -0.2) is 14.2 Å². The van der Waals surface area contributed by atoms with Crippen LogP contribution in [0.3, 0.4) is 0 Å². The molecule has 0 aliphatic rings. The second-order valence-corrected chi connectivity index (χ2v) is 11.1. The van der Waals surface area contributed by atoms with Crippen LogP contribution in [-0.2, 0) is 17.7 Å². The highest BCUT2D eigenvalue weighted by molar-refractivity contribution is 7.13. The minimum Gasteiger partial charge on any atom is -0.870 e. The van der Waals surface area contributed by atoms with Gasteiger partial charge in [0.1, 0.15) is 26.8 Å². The van der Waals surface area contributed by atoms with Crippen molar-refractivity contribution in [3.05, 3.63) is 104 Å². The summed E-state index contributed by atoms with van der Waals surface area (Å²) in [6.07, 6.45) is 1.91. The summed E-state index contributed by atoms with van der Waals surface area (Å²) in [4.78, 5) is 17.2. The summed E-state index contributed by atoms with van der Waals surface area (Å²) in [6.45, 7) is 0.732. The summed E-state index contributed by atoms with van der Waals surface area (Å²) in [7, 11) is 0. The molecule has 0 saturated carbocycles. The van der Waals surface area contributed by atoms with Gasteiger partial charge in [0.2, 0.25) is 0 Å². The number of carbonyl (C=O) groups is 1. The highest BCUT2D eigenvalue weighted by Gasteiger charge is 2.25. The molecule has 0 amide bonds. The number of halogens is 5. The summed E-state index contributed by atoms with van der Waals surface area (Å²) >= 11 is 14.0. The van der Waals surface area contributed by atoms with Gasteiger partial charge < -0.3 is 25.0 Å². The van der Waals surface area contributed by atoms with Crippen LogP contribution in [0.2, 0.25) is 10.0 Å². The van der Waals surface area contributed by atoms with E-state index in [4.69, 9.17) is 32.7 Å². The number of aromatic nitrogens is 1. The van der Waals surface area contributed by atoms with Gasteiger partial charge in [-0.05, 0) is 55.8 Å². The summed E-state index contributed by atoms with van der Waals surface area (Å²) in [6, 6.07) is 14.0. The average Bonchev–Trinajstić information content (AvgIpc) is 3.39. The molecule has 3 N–H and O–H groups in total. The second kappa shape index (κ2) is 15.1. The fraction of sp³-hybridized carbons (Fsp3) is 0.241. The molecule has 0 spiro atoms. The van der Waals surface area contributed by atoms with E-state index in [1.807, 2.05) is 0 Å². The van der Waals surface area contributed by atoms with Crippen LogP contribution in [0.15, 0.2) is 67.0 Å². The van der Waals surface area contributed by atoms with Gasteiger partial charge in [-0.3, -0.25) is 0 Å². The number of rotatable bonds is 12. The van der Waals surface area contributed by atoms with E-state index in [-0.39, 0.29) is 35.3 Å². The molecule has 7 nitrogen and oxygen atoms in total. The number of aromatic amines is 1. The van der Waals surface area contributed by atoms with Crippen molar-refractivity contribution in [1.82, 2.24) is 0 Å². The quantitative estimate of drug-likeness (QED) is 0.157. The normalized spacial score (nSPS) is 11.6. The molecule has 4 rings (SSSR count). The van der Waals surface area contributed by atoms with Crippen LogP contribution in [-0.4, -0.2) is 24.2 Å². The number of ether oxygens (including phenoxy) is 3. The van der Waals surface area contributed by atoms with Crippen LogP contribution in [0.5, 0.6) is 11.5 Å². The van der Waals surface area contributed by atoms with Crippen molar-refractivity contribution >= 4 is 46.2 Å². The number of esters is 1. The smallest absolute Gasteiger partial charge is 0.387 e. The minimum atomic E-state index is -3.05. The minimum absolute atomic E-state index is 0. The van der Waals surface area contributed by atoms with Crippen molar-refractivity contribution in [3.63, 3.8) is 0 Å². The number of para-hydroxylation sites is 1. The Morgan fingerprint density at radius 2 is 1.71 bits per heavy atom. The molecule has 2 aromatic heterocycles. The highest BCUT2D eigenvalue weighted by Crippen LogP contribution is 2.37. The highest BCUT2D eigenvalue weighted by atomic mass is 35.5. The Bertz CT molecular complexity index is 1490. The number of benzene rings is 2. The Morgan fingerprint density at radius 3 is 2.38 bits per heavy atom. The van der Waals surface area contributed by atoms with E-state index in [1.165, 1.54) is 35.6 Å². The van der Waals surface area contributed by atoms with E-state index < -0.39 is 18.7 Å². The van der Waals surface area contributed by atoms with E-state index in [9.17, 15) is 18.0 Å². The molecule has 0 unspecified atom stereocenters. The summed E-state index contributed by atoms with van der Waals surface area (Å²) in [5, 5.41) is 3.66. The Hall–Kier alpha value is -3.51. The first-order chi connectivity index (χ1) is 19.6. The molecular weight excluding hydrogens is 616 g/mol. The molecular formula is C29H27Cl2F3N2O5S. The average molecular weight is 644 g/mol. The van der Waals surface area contributed by atoms with Crippen molar-refractivity contribution in [2.45, 2.75) is 45.6 Å². The number of anilines is 1. The summed E-state index contributed by atoms with van der Waals surface area (Å²) in [5.74, 6) is -1.09. The predicted molar refractivity (Wildman–Crippen MR) is 154 cm³/mol. The van der Waals surface area contributed by atoms with E-state index >= 15 is 0 Å². The van der Waals surface area contributed by atoms with Crippen molar-refractivity contribution < 1.29 is 42.6 Å². The zero-order chi connectivity index (χ0) is 29.5. The van der Waals surface area contributed by atoms with Gasteiger partial charge in [-0.2, -0.15) is 8.78 Å². The Balaban J connectivity index is 0.00000484. The Kier molecular flexibility index (Phi) is 11.9. The summed E-state index contributed by atoms with van der Waals surface area (Å²) in [5.41, 5.74) is 1.32. The standard InChI is InChI=1S/C29H25Cl2F3N2O4S.H2O/c1-16(2)38-26-11-17(7-9-24(26)40-29(33)34)25(12-19-20(30)14-35-15-21(19)31)39-28(37)27-10-8-18(41-27)13-36-23-6-4-3-5-22(23)32;/h3-11,14-16,25,29,36H,12-13H2,1-2H3;1H2/t25-;/m0./s1. The largest absolute Gasteiger partial charge is 0.870 e. The van der Waals surface area contributed by atoms with Gasteiger partial charge in [0.05, 0.1) is 11.8 Å². The lowest BCUT2D eigenvalue weighted by Gasteiger charge is -2.21. The molecule has 224 valence electrons. The second-order valence-electron chi connectivity index (χ2n) is 9.08. The lowest BCUT2D eigenvalue weighted by atomic mass is 10.0. The third-order valence-electron chi connectivity index (χ3n) is 5.74. The van der Waals surface area contributed by atoms with Gasteiger partial charge >= 0.3 is 12.6 Å². The first-order valence-corrected chi connectivity index (χ1v) is 14.1. The monoisotopic (exact) mass is 642 g/mol. The van der Waals surface area contributed by atoms with Crippen LogP contribution >= 0.6 is 34.5 Å². The van der Waals surface area contributed by atoms with E-state index in [0.29, 0.717) is 38.3 Å². The number of pyridine rings is 1. The maximum atomic E-state index is 13.9. The van der Waals surface area contributed by atoms with Crippen molar-refractivity contribution in [2.24, 2.45) is 0 Å². The van der Waals surface area contributed by atoms with Gasteiger partial charge in [0.15, 0.2) is 23.9 Å². The molecule has 0 saturated heterocycles. The molecule has 0 aliphatic heterocycles. The molecule has 0 fully saturated rings. The van der Waals surface area contributed by atoms with E-state index in [0.717, 1.165) is 4.88 Å². The third-order valence-corrected chi connectivity index (χ3v) is 7.48. The van der Waals surface area contributed by atoms with Gasteiger partial charge in [-0.15, -0.1) is 11.3 Å². The number of hydrogen-bond acceptors (Lipinski definition) is 7. The van der Waals surface area contributed by atoms with Crippen molar-refractivity contribution in [3.8, 4) is 11.5 Å². The van der Waals surface area contributed by atoms with Crippen molar-refractivity contribution in [1.29, 1.82) is 0 Å². The van der Waals surface area contributed by atoms with Gasteiger partial charge in [0.25, 0.3) is 0 Å². The molecule has 2 aromatic carbocycles. The van der Waals surface area contributed by atoms with E-state index in [2.05, 4.69) is 15.0 Å². The number of H-pyrrole nitrogens is 1. The van der Waals surface area contributed by atoms with Crippen LogP contribution < -0.4 is 19.8 Å². The predicted octanol–water partition coefficient (Wildman–Crippen LogP) is 7.97.